The topological polar surface area (TPSA) is 71.1 Å². The number of hydrogen-bond donors (Lipinski definition) is 2. The number of anilines is 1. The summed E-state index contributed by atoms with van der Waals surface area (Å²) in [6.07, 6.45) is 1.48. The Kier molecular flexibility index (Phi) is 5.77. The molecule has 0 fully saturated rings. The van der Waals surface area contributed by atoms with Gasteiger partial charge in [0.05, 0.1) is 22.6 Å². The Hall–Kier alpha value is -2.44. The minimum Gasteiger partial charge on any atom is -0.343 e. The van der Waals surface area contributed by atoms with Crippen molar-refractivity contribution in [2.45, 2.75) is 13.8 Å². The van der Waals surface area contributed by atoms with Gasteiger partial charge in [-0.1, -0.05) is 39.7 Å². The summed E-state index contributed by atoms with van der Waals surface area (Å²) >= 11 is 9.56. The van der Waals surface area contributed by atoms with Gasteiger partial charge in [0.2, 0.25) is 5.91 Å². The maximum atomic E-state index is 12.5. The largest absolute Gasteiger partial charge is 0.343 e. The number of benzene rings is 2. The highest BCUT2D eigenvalue weighted by Gasteiger charge is 2.14. The van der Waals surface area contributed by atoms with Crippen LogP contribution in [0.4, 0.5) is 5.69 Å². The maximum Gasteiger partial charge on any atom is 0.253 e. The summed E-state index contributed by atoms with van der Waals surface area (Å²) in [7, 11) is 0. The normalized spacial score (nSPS) is 10.7. The number of nitrogens with one attached hydrogen (secondary N) is 2. The van der Waals surface area contributed by atoms with Gasteiger partial charge in [-0.25, -0.2) is 0 Å². The fraction of sp³-hybridized carbons (Fsp3) is 0.150. The van der Waals surface area contributed by atoms with Crippen molar-refractivity contribution in [3.63, 3.8) is 0 Å². The van der Waals surface area contributed by atoms with Gasteiger partial charge in [0.1, 0.15) is 0 Å². The minimum absolute atomic E-state index is 0.138. The van der Waals surface area contributed by atoms with E-state index < -0.39 is 0 Å². The molecule has 0 saturated carbocycles. The van der Waals surface area contributed by atoms with Crippen LogP contribution in [0.2, 0.25) is 5.02 Å². The minimum atomic E-state index is -0.357. The van der Waals surface area contributed by atoms with E-state index in [1.54, 1.807) is 12.1 Å². The van der Waals surface area contributed by atoms with Crippen molar-refractivity contribution < 1.29 is 9.59 Å². The average molecular weight is 447 g/mol. The Morgan fingerprint density at radius 3 is 2.70 bits per heavy atom. The van der Waals surface area contributed by atoms with E-state index in [9.17, 15) is 9.59 Å². The van der Waals surface area contributed by atoms with Crippen molar-refractivity contribution in [3.8, 4) is 0 Å². The van der Waals surface area contributed by atoms with Gasteiger partial charge in [0.25, 0.3) is 5.91 Å². The van der Waals surface area contributed by atoms with Crippen LogP contribution in [0.1, 0.15) is 21.5 Å². The molecule has 0 bridgehead atoms. The summed E-state index contributed by atoms with van der Waals surface area (Å²) < 4.78 is 0.966. The van der Waals surface area contributed by atoms with Gasteiger partial charge in [-0.2, -0.15) is 0 Å². The lowest BCUT2D eigenvalue weighted by molar-refractivity contribution is -0.115. The molecule has 0 aliphatic heterocycles. The van der Waals surface area contributed by atoms with E-state index in [1.165, 1.54) is 6.20 Å². The van der Waals surface area contributed by atoms with E-state index in [-0.39, 0.29) is 18.4 Å². The van der Waals surface area contributed by atoms with E-state index in [4.69, 9.17) is 11.6 Å². The Bertz CT molecular complexity index is 1050. The number of rotatable bonds is 4. The molecule has 7 heteroatoms. The third-order valence-corrected chi connectivity index (χ3v) is 5.41. The van der Waals surface area contributed by atoms with E-state index in [1.807, 2.05) is 38.1 Å². The van der Waals surface area contributed by atoms with Gasteiger partial charge in [-0.15, -0.1) is 0 Å². The van der Waals surface area contributed by atoms with Gasteiger partial charge < -0.3 is 10.6 Å². The summed E-state index contributed by atoms with van der Waals surface area (Å²) in [6.45, 7) is 3.63. The highest BCUT2D eigenvalue weighted by atomic mass is 79.9. The van der Waals surface area contributed by atoms with Gasteiger partial charge in [0.15, 0.2) is 0 Å². The number of para-hydroxylation sites is 1. The Morgan fingerprint density at radius 1 is 1.19 bits per heavy atom. The van der Waals surface area contributed by atoms with Crippen molar-refractivity contribution in [1.29, 1.82) is 0 Å². The Balaban J connectivity index is 1.68. The van der Waals surface area contributed by atoms with Crippen LogP contribution in [0, 0.1) is 13.8 Å². The number of pyridine rings is 1. The molecule has 1 heterocycles. The molecule has 0 aliphatic carbocycles. The lowest BCUT2D eigenvalue weighted by Crippen LogP contribution is -2.33. The number of aromatic nitrogens is 1. The highest BCUT2D eigenvalue weighted by Crippen LogP contribution is 2.25. The second-order valence-corrected chi connectivity index (χ2v) is 7.39. The summed E-state index contributed by atoms with van der Waals surface area (Å²) in [5, 5.41) is 6.74. The molecule has 0 spiro atoms. The summed E-state index contributed by atoms with van der Waals surface area (Å²) in [5.41, 5.74) is 3.51. The number of nitrogens with zero attached hydrogens (tertiary/aromatic N) is 1. The van der Waals surface area contributed by atoms with E-state index in [2.05, 4.69) is 31.5 Å². The standard InChI is InChI=1S/C20H17BrClN3O2/c1-11-8-13(6-7-16(11)21)25-18(26)10-24-20(27)15-9-23-19-14(12(15)2)4-3-5-17(19)22/h3-9H,10H2,1-2H3,(H,24,27)(H,25,26). The second kappa shape index (κ2) is 8.06. The van der Waals surface area contributed by atoms with E-state index >= 15 is 0 Å². The molecule has 0 aliphatic rings. The van der Waals surface area contributed by atoms with Crippen LogP contribution in [0.3, 0.4) is 0 Å². The van der Waals surface area contributed by atoms with Gasteiger partial charge in [-0.05, 0) is 49.2 Å². The summed E-state index contributed by atoms with van der Waals surface area (Å²) in [5.74, 6) is -0.663. The summed E-state index contributed by atoms with van der Waals surface area (Å²) in [6, 6.07) is 10.9. The number of aryl methyl sites for hydroxylation is 2. The number of hydrogen-bond acceptors (Lipinski definition) is 3. The molecule has 0 unspecified atom stereocenters. The van der Waals surface area contributed by atoms with Gasteiger partial charge >= 0.3 is 0 Å². The quantitative estimate of drug-likeness (QED) is 0.613. The molecule has 5 nitrogen and oxygen atoms in total. The fourth-order valence-electron chi connectivity index (χ4n) is 2.73. The smallest absolute Gasteiger partial charge is 0.253 e. The molecular weight excluding hydrogens is 430 g/mol. The van der Waals surface area contributed by atoms with Crippen molar-refractivity contribution in [1.82, 2.24) is 10.3 Å². The fourth-order valence-corrected chi connectivity index (χ4v) is 3.20. The second-order valence-electron chi connectivity index (χ2n) is 6.13. The predicted octanol–water partition coefficient (Wildman–Crippen LogP) is 4.64. The van der Waals surface area contributed by atoms with Crippen LogP contribution in [0.15, 0.2) is 47.1 Å². The number of halogens is 2. The lowest BCUT2D eigenvalue weighted by atomic mass is 10.0. The van der Waals surface area contributed by atoms with Crippen LogP contribution >= 0.6 is 27.5 Å². The zero-order chi connectivity index (χ0) is 19.6. The van der Waals surface area contributed by atoms with Crippen molar-refractivity contribution in [3.05, 3.63) is 68.8 Å². The van der Waals surface area contributed by atoms with Crippen LogP contribution in [0.5, 0.6) is 0 Å². The first-order chi connectivity index (χ1) is 12.9. The van der Waals surface area contributed by atoms with Crippen LogP contribution in [-0.2, 0) is 4.79 Å². The first kappa shape index (κ1) is 19.3. The number of amides is 2. The number of carbonyl (C=O) groups excluding carboxylic acids is 2. The van der Waals surface area contributed by atoms with E-state index in [0.717, 1.165) is 21.0 Å². The Labute approximate surface area is 170 Å². The van der Waals surface area contributed by atoms with Crippen molar-refractivity contribution in [2.75, 3.05) is 11.9 Å². The number of carbonyl (C=O) groups is 2. The molecule has 1 aromatic heterocycles. The molecule has 3 aromatic rings. The third-order valence-electron chi connectivity index (χ3n) is 4.21. The molecule has 0 radical (unpaired) electrons. The number of fused-ring (bicyclic) bond motifs is 1. The SMILES string of the molecule is Cc1cc(NC(=O)CNC(=O)c2cnc3c(Cl)cccc3c2C)ccc1Br. The first-order valence-corrected chi connectivity index (χ1v) is 9.42. The summed E-state index contributed by atoms with van der Waals surface area (Å²) in [4.78, 5) is 28.9. The molecule has 2 amide bonds. The monoisotopic (exact) mass is 445 g/mol. The van der Waals surface area contributed by atoms with Crippen LogP contribution < -0.4 is 10.6 Å². The highest BCUT2D eigenvalue weighted by molar-refractivity contribution is 9.10. The molecule has 0 atom stereocenters. The van der Waals surface area contributed by atoms with Crippen LogP contribution in [-0.4, -0.2) is 23.3 Å². The van der Waals surface area contributed by atoms with Crippen molar-refractivity contribution >= 4 is 55.9 Å². The zero-order valence-electron chi connectivity index (χ0n) is 14.8. The molecule has 2 aromatic carbocycles. The molecular formula is C20H17BrClN3O2. The van der Waals surface area contributed by atoms with Crippen molar-refractivity contribution in [2.24, 2.45) is 0 Å². The molecule has 27 heavy (non-hydrogen) atoms. The lowest BCUT2D eigenvalue weighted by Gasteiger charge is -2.11. The van der Waals surface area contributed by atoms with Gasteiger partial charge in [0, 0.05) is 21.7 Å². The molecule has 3 rings (SSSR count). The zero-order valence-corrected chi connectivity index (χ0v) is 17.1. The van der Waals surface area contributed by atoms with Gasteiger partial charge in [-0.3, -0.25) is 14.6 Å². The maximum absolute atomic E-state index is 12.5. The first-order valence-electron chi connectivity index (χ1n) is 8.25. The average Bonchev–Trinajstić information content (AvgIpc) is 2.64. The van der Waals surface area contributed by atoms with Crippen LogP contribution in [0.25, 0.3) is 10.9 Å². The van der Waals surface area contributed by atoms with E-state index in [0.29, 0.717) is 21.8 Å². The molecule has 138 valence electrons. The predicted molar refractivity (Wildman–Crippen MR) is 111 cm³/mol. The molecule has 0 saturated heterocycles. The third kappa shape index (κ3) is 4.28. The molecule has 2 N–H and O–H groups in total. The Morgan fingerprint density at radius 2 is 1.96 bits per heavy atom.